The van der Waals surface area contributed by atoms with Crippen molar-refractivity contribution in [1.82, 2.24) is 0 Å². The third-order valence-corrected chi connectivity index (χ3v) is 6.80. The van der Waals surface area contributed by atoms with E-state index in [4.69, 9.17) is 12.6 Å². The summed E-state index contributed by atoms with van der Waals surface area (Å²) in [5.41, 5.74) is 2.89. The first kappa shape index (κ1) is 15.4. The van der Waals surface area contributed by atoms with Crippen LogP contribution < -0.4 is 0 Å². The second-order valence-corrected chi connectivity index (χ2v) is 8.14. The van der Waals surface area contributed by atoms with E-state index in [0.717, 1.165) is 44.3 Å². The first-order chi connectivity index (χ1) is 10.9. The van der Waals surface area contributed by atoms with Crippen LogP contribution in [0.3, 0.4) is 0 Å². The van der Waals surface area contributed by atoms with Gasteiger partial charge in [-0.1, -0.05) is 24.5 Å². The van der Waals surface area contributed by atoms with Crippen LogP contribution in [-0.4, -0.2) is 31.3 Å². The van der Waals surface area contributed by atoms with Crippen LogP contribution in [-0.2, 0) is 4.74 Å². The molecule has 0 aromatic heterocycles. The molecule has 0 amide bonds. The predicted molar refractivity (Wildman–Crippen MR) is 90.1 cm³/mol. The molecule has 0 aromatic carbocycles. The van der Waals surface area contributed by atoms with Gasteiger partial charge >= 0.3 is 0 Å². The number of aliphatic hydroxyl groups is 2. The average Bonchev–Trinajstić information content (AvgIpc) is 2.80. The Kier molecular flexibility index (Phi) is 3.29. The fourth-order valence-corrected chi connectivity index (χ4v) is 5.77. The number of fused-ring (bicyclic) bond motifs is 4. The molecule has 4 heteroatoms. The Labute approximate surface area is 139 Å². The van der Waals surface area contributed by atoms with Gasteiger partial charge < -0.3 is 14.9 Å². The molecular weight excluding hydrogens is 287 g/mol. The Morgan fingerprint density at radius 1 is 1.30 bits per heavy atom. The van der Waals surface area contributed by atoms with E-state index in [1.54, 1.807) is 13.2 Å². The van der Waals surface area contributed by atoms with Gasteiger partial charge in [0.2, 0.25) is 0 Å². The minimum absolute atomic E-state index is 0.0990. The van der Waals surface area contributed by atoms with Crippen LogP contribution in [0.15, 0.2) is 34.8 Å². The number of aliphatic hydroxyl groups excluding tert-OH is 2. The zero-order chi connectivity index (χ0) is 16.4. The Balaban J connectivity index is 1.82. The third-order valence-electron chi connectivity index (χ3n) is 6.80. The molecule has 4 aliphatic rings. The Morgan fingerprint density at radius 2 is 2.09 bits per heavy atom. The summed E-state index contributed by atoms with van der Waals surface area (Å²) in [4.78, 5) is 0. The molecule has 0 aromatic rings. The highest BCUT2D eigenvalue weighted by atomic mass is 16.5. The second-order valence-electron chi connectivity index (χ2n) is 8.14. The van der Waals surface area contributed by atoms with Crippen molar-refractivity contribution in [3.63, 3.8) is 0 Å². The van der Waals surface area contributed by atoms with Crippen LogP contribution in [0.25, 0.3) is 0 Å². The highest BCUT2D eigenvalue weighted by molar-refractivity contribution is 6.18. The van der Waals surface area contributed by atoms with E-state index in [0.29, 0.717) is 5.76 Å². The van der Waals surface area contributed by atoms with Crippen LogP contribution in [0.2, 0.25) is 5.31 Å². The highest BCUT2D eigenvalue weighted by Crippen LogP contribution is 2.67. The van der Waals surface area contributed by atoms with Gasteiger partial charge in [0.05, 0.1) is 21.1 Å². The molecule has 0 heterocycles. The number of methoxy groups -OCH3 is 1. The molecule has 0 bridgehead atoms. The molecule has 4 rings (SSSR count). The standard InChI is InChI=1S/C19H25BO3/c1-18-5-6-19(20)14(15(18)8-13(22)10-18)4-3-11-7-12(21)9-16(23-2)17(11)19/h7,9,11,13,17,21-22H,3-6,8,10H2,1-2H3/t11?,13-,17?,18-,19-/m1/s1. The summed E-state index contributed by atoms with van der Waals surface area (Å²) in [5, 5.41) is 19.8. The summed E-state index contributed by atoms with van der Waals surface area (Å²) in [7, 11) is 8.68. The van der Waals surface area contributed by atoms with Crippen molar-refractivity contribution < 1.29 is 14.9 Å². The van der Waals surface area contributed by atoms with Gasteiger partial charge in [-0.15, -0.1) is 0 Å². The molecule has 23 heavy (non-hydrogen) atoms. The van der Waals surface area contributed by atoms with Gasteiger partial charge in [0, 0.05) is 12.0 Å². The fourth-order valence-electron chi connectivity index (χ4n) is 5.77. The zero-order valence-electron chi connectivity index (χ0n) is 14.0. The van der Waals surface area contributed by atoms with E-state index in [9.17, 15) is 10.2 Å². The highest BCUT2D eigenvalue weighted by Gasteiger charge is 2.54. The average molecular weight is 312 g/mol. The maximum Gasteiger partial charge on any atom is 0.115 e. The van der Waals surface area contributed by atoms with Crippen LogP contribution in [0.4, 0.5) is 0 Å². The van der Waals surface area contributed by atoms with Crippen molar-refractivity contribution >= 4 is 7.85 Å². The molecular formula is C19H25BO3. The number of hydrogen-bond acceptors (Lipinski definition) is 3. The minimum atomic E-state index is -0.402. The summed E-state index contributed by atoms with van der Waals surface area (Å²) >= 11 is 0. The molecule has 5 atom stereocenters. The van der Waals surface area contributed by atoms with Gasteiger partial charge in [-0.05, 0) is 54.8 Å². The summed E-state index contributed by atoms with van der Waals surface area (Å²) in [5.74, 6) is 1.43. The molecule has 0 saturated heterocycles. The SMILES string of the molecule is [B][C@]12CC[C@]3(C)C[C@H](O)CC3=C1CCC1C=C(O)C=C(OC)C12. The molecule has 3 nitrogen and oxygen atoms in total. The molecule has 0 aliphatic heterocycles. The Bertz CT molecular complexity index is 635. The van der Waals surface area contributed by atoms with E-state index in [1.165, 1.54) is 11.1 Å². The second kappa shape index (κ2) is 4.92. The van der Waals surface area contributed by atoms with Crippen molar-refractivity contribution in [2.24, 2.45) is 17.3 Å². The van der Waals surface area contributed by atoms with Crippen molar-refractivity contribution in [2.45, 2.75) is 56.9 Å². The van der Waals surface area contributed by atoms with Crippen molar-refractivity contribution in [3.05, 3.63) is 34.8 Å². The number of ether oxygens (including phenoxy) is 1. The summed E-state index contributed by atoms with van der Waals surface area (Å²) in [6, 6.07) is 0. The number of hydrogen-bond donors (Lipinski definition) is 2. The maximum atomic E-state index is 10.2. The zero-order valence-corrected chi connectivity index (χ0v) is 14.0. The quantitative estimate of drug-likeness (QED) is 0.575. The molecule has 2 fully saturated rings. The first-order valence-electron chi connectivity index (χ1n) is 8.74. The Morgan fingerprint density at radius 3 is 2.83 bits per heavy atom. The summed E-state index contributed by atoms with van der Waals surface area (Å²) in [6.07, 6.45) is 8.98. The van der Waals surface area contributed by atoms with Gasteiger partial charge in [0.15, 0.2) is 0 Å². The lowest BCUT2D eigenvalue weighted by molar-refractivity contribution is 0.131. The lowest BCUT2D eigenvalue weighted by Crippen LogP contribution is -2.43. The normalized spacial score (nSPS) is 45.6. The maximum absolute atomic E-state index is 10.2. The molecule has 2 radical (unpaired) electrons. The molecule has 2 saturated carbocycles. The van der Waals surface area contributed by atoms with E-state index in [2.05, 4.69) is 6.92 Å². The van der Waals surface area contributed by atoms with Crippen LogP contribution in [0, 0.1) is 17.3 Å². The van der Waals surface area contributed by atoms with E-state index >= 15 is 0 Å². The van der Waals surface area contributed by atoms with Crippen molar-refractivity contribution in [2.75, 3.05) is 7.11 Å². The first-order valence-corrected chi connectivity index (χ1v) is 8.74. The molecule has 122 valence electrons. The lowest BCUT2D eigenvalue weighted by atomic mass is 9.42. The van der Waals surface area contributed by atoms with Crippen molar-refractivity contribution in [1.29, 1.82) is 0 Å². The topological polar surface area (TPSA) is 49.7 Å². The minimum Gasteiger partial charge on any atom is -0.508 e. The van der Waals surface area contributed by atoms with E-state index in [-0.39, 0.29) is 23.4 Å². The fraction of sp³-hybridized carbons (Fsp3) is 0.684. The molecule has 4 aliphatic carbocycles. The summed E-state index contributed by atoms with van der Waals surface area (Å²) < 4.78 is 5.61. The van der Waals surface area contributed by atoms with E-state index < -0.39 is 5.31 Å². The van der Waals surface area contributed by atoms with Gasteiger partial charge in [-0.2, -0.15) is 0 Å². The van der Waals surface area contributed by atoms with E-state index in [1.807, 2.05) is 6.08 Å². The predicted octanol–water partition coefficient (Wildman–Crippen LogP) is 3.58. The molecule has 0 spiro atoms. The van der Waals surface area contributed by atoms with Crippen LogP contribution in [0.1, 0.15) is 45.4 Å². The number of allylic oxidation sites excluding steroid dienone is 4. The smallest absolute Gasteiger partial charge is 0.115 e. The van der Waals surface area contributed by atoms with Crippen LogP contribution >= 0.6 is 0 Å². The van der Waals surface area contributed by atoms with Gasteiger partial charge in [-0.25, -0.2) is 0 Å². The molecule has 2 N–H and O–H groups in total. The summed E-state index contributed by atoms with van der Waals surface area (Å²) in [6.45, 7) is 2.29. The van der Waals surface area contributed by atoms with Crippen LogP contribution in [0.5, 0.6) is 0 Å². The largest absolute Gasteiger partial charge is 0.508 e. The Hall–Kier alpha value is -1.16. The third kappa shape index (κ3) is 2.07. The lowest BCUT2D eigenvalue weighted by Gasteiger charge is -2.54. The monoisotopic (exact) mass is 312 g/mol. The van der Waals surface area contributed by atoms with Crippen molar-refractivity contribution in [3.8, 4) is 0 Å². The van der Waals surface area contributed by atoms with Gasteiger partial charge in [0.25, 0.3) is 0 Å². The molecule has 2 unspecified atom stereocenters. The van der Waals surface area contributed by atoms with Gasteiger partial charge in [-0.3, -0.25) is 0 Å². The van der Waals surface area contributed by atoms with Gasteiger partial charge in [0.1, 0.15) is 11.5 Å². The number of rotatable bonds is 1.